The summed E-state index contributed by atoms with van der Waals surface area (Å²) < 4.78 is 21.6. The number of benzene rings is 1. The molecule has 138 valence electrons. The molecule has 2 aromatic rings. The number of aromatic nitrogens is 2. The molecule has 1 aromatic heterocycles. The number of nitrogens with zero attached hydrogens (tertiary/aromatic N) is 2. The van der Waals surface area contributed by atoms with E-state index in [2.05, 4.69) is 31.9 Å². The molecular weight excluding hydrogens is 327 g/mol. The monoisotopic (exact) mass is 354 g/mol. The van der Waals surface area contributed by atoms with E-state index in [0.29, 0.717) is 0 Å². The van der Waals surface area contributed by atoms with Crippen LogP contribution in [0.2, 0.25) is 0 Å². The standard InChI is InChI=1S/C22H27FN2O/c1-4-12-26-22(3)11-5-6-17-13-20-16(14-21(17,22)2)15-24-25(20)19-9-7-18(23)8-10-19/h7-10,13,15H,4-6,11-12,14H2,1-3H3. The first kappa shape index (κ1) is 17.5. The molecule has 0 N–H and O–H groups in total. The lowest BCUT2D eigenvalue weighted by atomic mass is 9.57. The minimum Gasteiger partial charge on any atom is -0.374 e. The fourth-order valence-electron chi connectivity index (χ4n) is 4.61. The Balaban J connectivity index is 1.74. The molecule has 0 amide bonds. The molecule has 1 aromatic carbocycles. The summed E-state index contributed by atoms with van der Waals surface area (Å²) in [6.07, 6.45) is 9.61. The van der Waals surface area contributed by atoms with Gasteiger partial charge in [-0.1, -0.05) is 19.4 Å². The van der Waals surface area contributed by atoms with E-state index in [4.69, 9.17) is 4.74 Å². The molecule has 1 fully saturated rings. The Morgan fingerprint density at radius 3 is 2.73 bits per heavy atom. The van der Waals surface area contributed by atoms with Gasteiger partial charge in [-0.3, -0.25) is 0 Å². The van der Waals surface area contributed by atoms with Crippen LogP contribution in [-0.4, -0.2) is 22.0 Å². The molecule has 2 unspecified atom stereocenters. The van der Waals surface area contributed by atoms with Gasteiger partial charge in [-0.2, -0.15) is 5.10 Å². The van der Waals surface area contributed by atoms with Crippen molar-refractivity contribution in [2.24, 2.45) is 5.41 Å². The van der Waals surface area contributed by atoms with Gasteiger partial charge < -0.3 is 4.74 Å². The van der Waals surface area contributed by atoms with Crippen LogP contribution in [0.5, 0.6) is 0 Å². The number of ether oxygens (including phenoxy) is 1. The highest BCUT2D eigenvalue weighted by molar-refractivity contribution is 5.62. The molecular formula is C22H27FN2O. The van der Waals surface area contributed by atoms with Crippen LogP contribution in [0.1, 0.15) is 57.7 Å². The molecule has 2 aliphatic rings. The molecule has 2 atom stereocenters. The smallest absolute Gasteiger partial charge is 0.123 e. The van der Waals surface area contributed by atoms with Gasteiger partial charge in [0.1, 0.15) is 5.82 Å². The van der Waals surface area contributed by atoms with E-state index in [-0.39, 0.29) is 16.8 Å². The van der Waals surface area contributed by atoms with Crippen molar-refractivity contribution < 1.29 is 9.13 Å². The lowest BCUT2D eigenvalue weighted by Gasteiger charge is -2.52. The zero-order chi connectivity index (χ0) is 18.4. The third kappa shape index (κ3) is 2.62. The van der Waals surface area contributed by atoms with Gasteiger partial charge in [0, 0.05) is 12.0 Å². The van der Waals surface area contributed by atoms with Crippen LogP contribution < -0.4 is 0 Å². The average molecular weight is 354 g/mol. The fourth-order valence-corrected chi connectivity index (χ4v) is 4.61. The summed E-state index contributed by atoms with van der Waals surface area (Å²) in [6.45, 7) is 7.61. The van der Waals surface area contributed by atoms with Gasteiger partial charge in [-0.25, -0.2) is 9.07 Å². The quantitative estimate of drug-likeness (QED) is 0.742. The van der Waals surface area contributed by atoms with Gasteiger partial charge in [0.15, 0.2) is 0 Å². The Bertz CT molecular complexity index is 838. The largest absolute Gasteiger partial charge is 0.374 e. The van der Waals surface area contributed by atoms with Gasteiger partial charge in [0.2, 0.25) is 0 Å². The maximum Gasteiger partial charge on any atom is 0.123 e. The molecule has 0 radical (unpaired) electrons. The predicted octanol–water partition coefficient (Wildman–Crippen LogP) is 5.33. The van der Waals surface area contributed by atoms with Crippen LogP contribution in [0.15, 0.2) is 36.0 Å². The number of halogens is 1. The van der Waals surface area contributed by atoms with Crippen LogP contribution in [0.25, 0.3) is 11.8 Å². The van der Waals surface area contributed by atoms with Crippen LogP contribution in [0.4, 0.5) is 4.39 Å². The first-order valence-electron chi connectivity index (χ1n) is 9.65. The molecule has 0 saturated heterocycles. The molecule has 0 aliphatic heterocycles. The summed E-state index contributed by atoms with van der Waals surface area (Å²) in [5, 5.41) is 4.61. The lowest BCUT2D eigenvalue weighted by Crippen LogP contribution is -2.52. The van der Waals surface area contributed by atoms with E-state index >= 15 is 0 Å². The number of fused-ring (bicyclic) bond motifs is 2. The second-order valence-electron chi connectivity index (χ2n) is 8.05. The summed E-state index contributed by atoms with van der Waals surface area (Å²) >= 11 is 0. The fraction of sp³-hybridized carbons (Fsp3) is 0.500. The van der Waals surface area contributed by atoms with E-state index in [9.17, 15) is 4.39 Å². The van der Waals surface area contributed by atoms with Crippen molar-refractivity contribution in [3.63, 3.8) is 0 Å². The molecule has 2 aliphatic carbocycles. The second kappa shape index (κ2) is 6.34. The Kier molecular flexibility index (Phi) is 4.26. The van der Waals surface area contributed by atoms with Crippen LogP contribution in [0, 0.1) is 11.2 Å². The minimum absolute atomic E-state index is 0.00405. The highest BCUT2D eigenvalue weighted by Gasteiger charge is 2.51. The maximum atomic E-state index is 13.3. The Labute approximate surface area is 154 Å². The Morgan fingerprint density at radius 2 is 2.00 bits per heavy atom. The van der Waals surface area contributed by atoms with Crippen molar-refractivity contribution in [3.05, 3.63) is 53.1 Å². The average Bonchev–Trinajstić information content (AvgIpc) is 3.02. The molecule has 1 heterocycles. The van der Waals surface area contributed by atoms with E-state index in [1.165, 1.54) is 23.3 Å². The minimum atomic E-state index is -0.225. The highest BCUT2D eigenvalue weighted by atomic mass is 19.1. The molecule has 26 heavy (non-hydrogen) atoms. The number of hydrogen-bond acceptors (Lipinski definition) is 2. The van der Waals surface area contributed by atoms with Gasteiger partial charge in [0.05, 0.1) is 23.2 Å². The molecule has 3 nitrogen and oxygen atoms in total. The van der Waals surface area contributed by atoms with Gasteiger partial charge >= 0.3 is 0 Å². The summed E-state index contributed by atoms with van der Waals surface area (Å²) in [7, 11) is 0. The van der Waals surface area contributed by atoms with E-state index in [1.54, 1.807) is 12.1 Å². The Hall–Kier alpha value is -1.94. The van der Waals surface area contributed by atoms with Gasteiger partial charge in [0.25, 0.3) is 0 Å². The molecule has 1 saturated carbocycles. The molecule has 4 heteroatoms. The van der Waals surface area contributed by atoms with Crippen LogP contribution in [-0.2, 0) is 11.2 Å². The Morgan fingerprint density at radius 1 is 1.23 bits per heavy atom. The van der Waals surface area contributed by atoms with Crippen LogP contribution in [0.3, 0.4) is 0 Å². The van der Waals surface area contributed by atoms with Gasteiger partial charge in [-0.15, -0.1) is 0 Å². The zero-order valence-electron chi connectivity index (χ0n) is 15.9. The van der Waals surface area contributed by atoms with E-state index in [1.807, 2.05) is 10.9 Å². The van der Waals surface area contributed by atoms with Crippen molar-refractivity contribution in [2.45, 2.75) is 58.5 Å². The zero-order valence-corrected chi connectivity index (χ0v) is 15.9. The molecule has 0 spiro atoms. The summed E-state index contributed by atoms with van der Waals surface area (Å²) in [6, 6.07) is 6.54. The molecule has 4 rings (SSSR count). The summed E-state index contributed by atoms with van der Waals surface area (Å²) in [4.78, 5) is 0. The van der Waals surface area contributed by atoms with Crippen molar-refractivity contribution in [2.75, 3.05) is 6.61 Å². The van der Waals surface area contributed by atoms with E-state index in [0.717, 1.165) is 50.1 Å². The van der Waals surface area contributed by atoms with Crippen molar-refractivity contribution in [1.82, 2.24) is 9.78 Å². The van der Waals surface area contributed by atoms with Gasteiger partial charge in [-0.05, 0) is 74.9 Å². The van der Waals surface area contributed by atoms with Crippen molar-refractivity contribution >= 4 is 6.08 Å². The second-order valence-corrected chi connectivity index (χ2v) is 8.05. The first-order valence-corrected chi connectivity index (χ1v) is 9.65. The topological polar surface area (TPSA) is 27.1 Å². The third-order valence-electron chi connectivity index (χ3n) is 6.41. The number of hydrogen-bond donors (Lipinski definition) is 0. The van der Waals surface area contributed by atoms with Crippen LogP contribution >= 0.6 is 0 Å². The predicted molar refractivity (Wildman–Crippen MR) is 102 cm³/mol. The number of rotatable bonds is 4. The van der Waals surface area contributed by atoms with E-state index < -0.39 is 0 Å². The third-order valence-corrected chi connectivity index (χ3v) is 6.41. The first-order chi connectivity index (χ1) is 12.5. The lowest BCUT2D eigenvalue weighted by molar-refractivity contribution is -0.119. The normalized spacial score (nSPS) is 27.6. The summed E-state index contributed by atoms with van der Waals surface area (Å²) in [5.41, 5.74) is 4.59. The SMILES string of the molecule is CCCOC1(C)CCCC2=Cc3c(cnn3-c3ccc(F)cc3)CC21C. The van der Waals surface area contributed by atoms with Crippen molar-refractivity contribution in [3.8, 4) is 5.69 Å². The van der Waals surface area contributed by atoms with Crippen molar-refractivity contribution in [1.29, 1.82) is 0 Å². The summed E-state index contributed by atoms with van der Waals surface area (Å²) in [5.74, 6) is -0.225. The maximum absolute atomic E-state index is 13.3. The highest BCUT2D eigenvalue weighted by Crippen LogP contribution is 2.54. The molecule has 0 bridgehead atoms.